The molecule has 5 nitrogen and oxygen atoms in total. The van der Waals surface area contributed by atoms with Gasteiger partial charge in [0.25, 0.3) is 5.56 Å². The van der Waals surface area contributed by atoms with Gasteiger partial charge in [0, 0.05) is 11.1 Å². The summed E-state index contributed by atoms with van der Waals surface area (Å²) in [6.07, 6.45) is 0. The zero-order chi connectivity index (χ0) is 15.9. The molecule has 0 fully saturated rings. The smallest absolute Gasteiger partial charge is 0.272 e. The lowest BCUT2D eigenvalue weighted by atomic mass is 10.1. The second-order valence-electron chi connectivity index (χ2n) is 5.97. The van der Waals surface area contributed by atoms with E-state index < -0.39 is 0 Å². The van der Waals surface area contributed by atoms with E-state index in [2.05, 4.69) is 20.3 Å². The number of nitrogens with one attached hydrogen (secondary N) is 2. The van der Waals surface area contributed by atoms with Crippen LogP contribution in [0.5, 0.6) is 0 Å². The van der Waals surface area contributed by atoms with Crippen molar-refractivity contribution in [2.45, 2.75) is 26.3 Å². The SMILES string of the molecule is CC(C)(C)Nc1nc2nc(-c3ccc(F)cc3)sc2c(=O)[nH]1. The lowest BCUT2D eigenvalue weighted by Gasteiger charge is -2.20. The predicted octanol–water partition coefficient (Wildman–Crippen LogP) is 3.40. The summed E-state index contributed by atoms with van der Waals surface area (Å²) < 4.78 is 13.4. The predicted molar refractivity (Wildman–Crippen MR) is 86.8 cm³/mol. The number of nitrogens with zero attached hydrogens (tertiary/aromatic N) is 2. The van der Waals surface area contributed by atoms with E-state index in [0.29, 0.717) is 21.3 Å². The molecule has 0 saturated carbocycles. The van der Waals surface area contributed by atoms with Gasteiger partial charge >= 0.3 is 0 Å². The summed E-state index contributed by atoms with van der Waals surface area (Å²) in [5, 5.41) is 3.76. The number of aromatic nitrogens is 3. The van der Waals surface area contributed by atoms with E-state index in [1.807, 2.05) is 20.8 Å². The Balaban J connectivity index is 2.08. The molecule has 3 rings (SSSR count). The van der Waals surface area contributed by atoms with Gasteiger partial charge in [-0.3, -0.25) is 9.78 Å². The summed E-state index contributed by atoms with van der Waals surface area (Å²) in [6.45, 7) is 5.92. The molecule has 7 heteroatoms. The highest BCUT2D eigenvalue weighted by molar-refractivity contribution is 7.21. The quantitative estimate of drug-likeness (QED) is 0.760. The fourth-order valence-electron chi connectivity index (χ4n) is 1.96. The first-order chi connectivity index (χ1) is 10.3. The van der Waals surface area contributed by atoms with Crippen molar-refractivity contribution in [3.05, 3.63) is 40.4 Å². The molecule has 0 bridgehead atoms. The maximum Gasteiger partial charge on any atom is 0.272 e. The summed E-state index contributed by atoms with van der Waals surface area (Å²) in [7, 11) is 0. The molecule has 1 aromatic carbocycles. The van der Waals surface area contributed by atoms with Gasteiger partial charge in [0.15, 0.2) is 5.65 Å². The number of halogens is 1. The van der Waals surface area contributed by atoms with Gasteiger partial charge in [0.05, 0.1) is 0 Å². The maximum absolute atomic E-state index is 13.0. The van der Waals surface area contributed by atoms with Gasteiger partial charge in [-0.25, -0.2) is 9.37 Å². The third-order valence-corrected chi connectivity index (χ3v) is 3.94. The van der Waals surface area contributed by atoms with Crippen molar-refractivity contribution >= 4 is 27.6 Å². The van der Waals surface area contributed by atoms with Crippen molar-refractivity contribution in [3.8, 4) is 10.6 Å². The van der Waals surface area contributed by atoms with Gasteiger partial charge in [0.2, 0.25) is 5.95 Å². The summed E-state index contributed by atoms with van der Waals surface area (Å²) in [5.74, 6) is 0.0819. The molecule has 0 aliphatic heterocycles. The summed E-state index contributed by atoms with van der Waals surface area (Å²) in [4.78, 5) is 23.6. The van der Waals surface area contributed by atoms with Crippen LogP contribution < -0.4 is 10.9 Å². The average Bonchev–Trinajstić information content (AvgIpc) is 2.82. The minimum absolute atomic E-state index is 0.223. The summed E-state index contributed by atoms with van der Waals surface area (Å²) in [5.41, 5.74) is 0.691. The van der Waals surface area contributed by atoms with Crippen molar-refractivity contribution in [2.24, 2.45) is 0 Å². The van der Waals surface area contributed by atoms with Crippen LogP contribution in [0.15, 0.2) is 29.1 Å². The molecule has 0 saturated heterocycles. The molecule has 22 heavy (non-hydrogen) atoms. The lowest BCUT2D eigenvalue weighted by Crippen LogP contribution is -2.28. The van der Waals surface area contributed by atoms with Crippen LogP contribution in [-0.2, 0) is 0 Å². The number of rotatable bonds is 2. The van der Waals surface area contributed by atoms with Gasteiger partial charge in [-0.05, 0) is 45.0 Å². The molecule has 2 heterocycles. The highest BCUT2D eigenvalue weighted by Gasteiger charge is 2.15. The van der Waals surface area contributed by atoms with Crippen molar-refractivity contribution in [2.75, 3.05) is 5.32 Å². The van der Waals surface area contributed by atoms with Crippen molar-refractivity contribution in [3.63, 3.8) is 0 Å². The van der Waals surface area contributed by atoms with Crippen molar-refractivity contribution in [1.82, 2.24) is 15.0 Å². The standard InChI is InChI=1S/C15H15FN4OS/c1-15(2,3)20-14-18-11-10(12(21)19-14)22-13(17-11)8-4-6-9(16)7-5-8/h4-7H,1-3H3,(H2,18,19,20,21). The number of thiazole rings is 1. The van der Waals surface area contributed by atoms with Gasteiger partial charge in [-0.15, -0.1) is 11.3 Å². The Labute approximate surface area is 130 Å². The molecule has 3 aromatic rings. The Morgan fingerprint density at radius 2 is 1.86 bits per heavy atom. The zero-order valence-electron chi connectivity index (χ0n) is 12.4. The van der Waals surface area contributed by atoms with E-state index in [0.717, 1.165) is 5.56 Å². The summed E-state index contributed by atoms with van der Waals surface area (Å²) >= 11 is 1.24. The number of hydrogen-bond donors (Lipinski definition) is 2. The van der Waals surface area contributed by atoms with Crippen molar-refractivity contribution in [1.29, 1.82) is 0 Å². The Kier molecular flexibility index (Phi) is 3.44. The molecule has 2 N–H and O–H groups in total. The minimum Gasteiger partial charge on any atom is -0.351 e. The van der Waals surface area contributed by atoms with Gasteiger partial charge in [-0.2, -0.15) is 4.98 Å². The van der Waals surface area contributed by atoms with Crippen LogP contribution in [0.25, 0.3) is 20.9 Å². The Hall–Kier alpha value is -2.28. The highest BCUT2D eigenvalue weighted by Crippen LogP contribution is 2.27. The van der Waals surface area contributed by atoms with Crippen LogP contribution in [0.1, 0.15) is 20.8 Å². The van der Waals surface area contributed by atoms with E-state index in [-0.39, 0.29) is 16.9 Å². The molecule has 0 aliphatic carbocycles. The second-order valence-corrected chi connectivity index (χ2v) is 6.97. The molecule has 0 spiro atoms. The fourth-order valence-corrected chi connectivity index (χ4v) is 2.87. The lowest BCUT2D eigenvalue weighted by molar-refractivity contribution is 0.626. The van der Waals surface area contributed by atoms with Crippen LogP contribution in [0.3, 0.4) is 0 Å². The first-order valence-corrected chi connectivity index (χ1v) is 7.58. The number of benzene rings is 1. The second kappa shape index (κ2) is 5.17. The first-order valence-electron chi connectivity index (χ1n) is 6.77. The molecule has 0 unspecified atom stereocenters. The van der Waals surface area contributed by atoms with E-state index in [4.69, 9.17) is 0 Å². The number of aromatic amines is 1. The van der Waals surface area contributed by atoms with E-state index in [1.165, 1.54) is 23.5 Å². The third kappa shape index (κ3) is 2.99. The summed E-state index contributed by atoms with van der Waals surface area (Å²) in [6, 6.07) is 6.00. The molecule has 2 aromatic heterocycles. The monoisotopic (exact) mass is 318 g/mol. The Bertz CT molecular complexity index is 877. The normalized spacial score (nSPS) is 11.8. The van der Waals surface area contributed by atoms with E-state index in [9.17, 15) is 9.18 Å². The third-order valence-electron chi connectivity index (χ3n) is 2.85. The number of anilines is 1. The molecule has 0 atom stereocenters. The first kappa shape index (κ1) is 14.6. The molecule has 0 amide bonds. The Morgan fingerprint density at radius 3 is 2.50 bits per heavy atom. The van der Waals surface area contributed by atoms with Crippen LogP contribution in [0, 0.1) is 5.82 Å². The molecular weight excluding hydrogens is 303 g/mol. The van der Waals surface area contributed by atoms with Crippen molar-refractivity contribution < 1.29 is 4.39 Å². The van der Waals surface area contributed by atoms with E-state index in [1.54, 1.807) is 12.1 Å². The largest absolute Gasteiger partial charge is 0.351 e. The van der Waals surface area contributed by atoms with Crippen LogP contribution in [0.2, 0.25) is 0 Å². The average molecular weight is 318 g/mol. The topological polar surface area (TPSA) is 70.7 Å². The van der Waals surface area contributed by atoms with Gasteiger partial charge < -0.3 is 5.32 Å². The number of fused-ring (bicyclic) bond motifs is 1. The zero-order valence-corrected chi connectivity index (χ0v) is 13.2. The molecule has 0 aliphatic rings. The fraction of sp³-hybridized carbons (Fsp3) is 0.267. The van der Waals surface area contributed by atoms with Gasteiger partial charge in [-0.1, -0.05) is 0 Å². The van der Waals surface area contributed by atoms with Crippen LogP contribution >= 0.6 is 11.3 Å². The molecular formula is C15H15FN4OS. The molecule has 0 radical (unpaired) electrons. The van der Waals surface area contributed by atoms with E-state index >= 15 is 0 Å². The maximum atomic E-state index is 13.0. The van der Waals surface area contributed by atoms with Crippen LogP contribution in [0.4, 0.5) is 10.3 Å². The minimum atomic E-state index is -0.308. The molecule has 114 valence electrons. The van der Waals surface area contributed by atoms with Gasteiger partial charge in [0.1, 0.15) is 15.5 Å². The highest BCUT2D eigenvalue weighted by atomic mass is 32.1. The number of H-pyrrole nitrogens is 1. The Morgan fingerprint density at radius 1 is 1.18 bits per heavy atom. The van der Waals surface area contributed by atoms with Crippen LogP contribution in [-0.4, -0.2) is 20.5 Å². The number of hydrogen-bond acceptors (Lipinski definition) is 5.